The number of alkyl halides is 3. The zero-order valence-electron chi connectivity index (χ0n) is 10.6. The van der Waals surface area contributed by atoms with E-state index < -0.39 is 11.7 Å². The Kier molecular flexibility index (Phi) is 5.83. The molecule has 6 heteroatoms. The molecule has 106 valence electrons. The van der Waals surface area contributed by atoms with Gasteiger partial charge in [0, 0.05) is 30.2 Å². The Bertz CT molecular complexity index is 568. The van der Waals surface area contributed by atoms with E-state index in [0.717, 1.165) is 17.8 Å². The zero-order valence-corrected chi connectivity index (χ0v) is 11.4. The molecule has 0 amide bonds. The molecular weight excluding hydrogens is 289 g/mol. The van der Waals surface area contributed by atoms with E-state index in [-0.39, 0.29) is 16.2 Å². The van der Waals surface area contributed by atoms with Crippen molar-refractivity contribution in [2.45, 2.75) is 19.5 Å². The van der Waals surface area contributed by atoms with Gasteiger partial charge in [0.15, 0.2) is 5.12 Å². The van der Waals surface area contributed by atoms with Gasteiger partial charge in [-0.05, 0) is 12.1 Å². The molecular formula is C14H11F3O2S. The van der Waals surface area contributed by atoms with Crippen LogP contribution in [-0.2, 0) is 11.0 Å². The molecule has 20 heavy (non-hydrogen) atoms. The van der Waals surface area contributed by atoms with Gasteiger partial charge < -0.3 is 0 Å². The Labute approximate surface area is 118 Å². The highest BCUT2D eigenvalue weighted by Gasteiger charge is 2.33. The monoisotopic (exact) mass is 300 g/mol. The second-order valence-electron chi connectivity index (χ2n) is 3.81. The maximum Gasteiger partial charge on any atom is 0.417 e. The van der Waals surface area contributed by atoms with Crippen molar-refractivity contribution >= 4 is 23.2 Å². The second-order valence-corrected chi connectivity index (χ2v) is 5.08. The van der Waals surface area contributed by atoms with Crippen LogP contribution in [0.5, 0.6) is 0 Å². The van der Waals surface area contributed by atoms with Crippen molar-refractivity contribution in [1.29, 1.82) is 0 Å². The number of benzene rings is 1. The summed E-state index contributed by atoms with van der Waals surface area (Å²) in [7, 11) is 0. The molecule has 0 saturated carbocycles. The Morgan fingerprint density at radius 1 is 1.40 bits per heavy atom. The van der Waals surface area contributed by atoms with E-state index in [9.17, 15) is 22.8 Å². The predicted octanol–water partition coefficient (Wildman–Crippen LogP) is 3.54. The van der Waals surface area contributed by atoms with E-state index in [2.05, 4.69) is 11.8 Å². The Morgan fingerprint density at radius 2 is 2.10 bits per heavy atom. The molecule has 0 heterocycles. The fraction of sp³-hybridized carbons (Fsp3) is 0.286. The van der Waals surface area contributed by atoms with E-state index in [1.54, 1.807) is 0 Å². The van der Waals surface area contributed by atoms with Crippen LogP contribution in [0.4, 0.5) is 13.2 Å². The molecule has 0 fully saturated rings. The SMILES string of the molecule is CC(=O)SCCC#Cc1ccc(C=O)cc1C(F)(F)F. The smallest absolute Gasteiger partial charge is 0.298 e. The minimum Gasteiger partial charge on any atom is -0.298 e. The highest BCUT2D eigenvalue weighted by Crippen LogP contribution is 2.32. The average Bonchev–Trinajstić information content (AvgIpc) is 2.37. The van der Waals surface area contributed by atoms with Gasteiger partial charge >= 0.3 is 6.18 Å². The minimum absolute atomic E-state index is 0.0463. The lowest BCUT2D eigenvalue weighted by Gasteiger charge is -2.09. The lowest BCUT2D eigenvalue weighted by Crippen LogP contribution is -2.08. The molecule has 2 nitrogen and oxygen atoms in total. The molecule has 0 radical (unpaired) electrons. The molecule has 1 rings (SSSR count). The third-order valence-electron chi connectivity index (χ3n) is 2.24. The number of thioether (sulfide) groups is 1. The second kappa shape index (κ2) is 7.15. The Balaban J connectivity index is 2.92. The summed E-state index contributed by atoms with van der Waals surface area (Å²) in [5, 5.41) is -0.0573. The van der Waals surface area contributed by atoms with E-state index in [4.69, 9.17) is 0 Å². The summed E-state index contributed by atoms with van der Waals surface area (Å²) in [6.07, 6.45) is -3.88. The number of hydrogen-bond acceptors (Lipinski definition) is 3. The third kappa shape index (κ3) is 5.10. The summed E-state index contributed by atoms with van der Waals surface area (Å²) < 4.78 is 38.4. The molecule has 0 aromatic heterocycles. The van der Waals surface area contributed by atoms with Crippen LogP contribution in [0.3, 0.4) is 0 Å². The first kappa shape index (κ1) is 16.3. The van der Waals surface area contributed by atoms with Gasteiger partial charge in [-0.15, -0.1) is 0 Å². The van der Waals surface area contributed by atoms with Gasteiger partial charge in [0.05, 0.1) is 5.56 Å². The van der Waals surface area contributed by atoms with Gasteiger partial charge in [-0.3, -0.25) is 9.59 Å². The summed E-state index contributed by atoms with van der Waals surface area (Å²) in [6.45, 7) is 1.41. The maximum absolute atomic E-state index is 12.8. The molecule has 0 aliphatic carbocycles. The van der Waals surface area contributed by atoms with Crippen molar-refractivity contribution in [3.8, 4) is 11.8 Å². The third-order valence-corrected chi connectivity index (χ3v) is 3.06. The maximum atomic E-state index is 12.8. The standard InChI is InChI=1S/C14H11F3O2S/c1-10(19)20-7-3-2-4-12-6-5-11(9-18)8-13(12)14(15,16)17/h5-6,8-9H,3,7H2,1H3. The molecule has 0 spiro atoms. The number of carbonyl (C=O) groups excluding carboxylic acids is 2. The highest BCUT2D eigenvalue weighted by molar-refractivity contribution is 8.13. The van der Waals surface area contributed by atoms with Gasteiger partial charge in [0.1, 0.15) is 6.29 Å². The molecule has 0 aliphatic rings. The van der Waals surface area contributed by atoms with Crippen LogP contribution in [0.1, 0.15) is 34.8 Å². The fourth-order valence-corrected chi connectivity index (χ4v) is 1.87. The summed E-state index contributed by atoms with van der Waals surface area (Å²) in [6, 6.07) is 3.25. The molecule has 0 N–H and O–H groups in total. The van der Waals surface area contributed by atoms with Crippen LogP contribution in [0.15, 0.2) is 18.2 Å². The Hall–Kier alpha value is -1.74. The summed E-state index contributed by atoms with van der Waals surface area (Å²) in [5.74, 6) is 5.47. The topological polar surface area (TPSA) is 34.1 Å². The van der Waals surface area contributed by atoms with E-state index >= 15 is 0 Å². The van der Waals surface area contributed by atoms with Crippen molar-refractivity contribution in [3.05, 3.63) is 34.9 Å². The molecule has 1 aromatic carbocycles. The molecule has 0 saturated heterocycles. The first-order valence-electron chi connectivity index (χ1n) is 5.63. The van der Waals surface area contributed by atoms with Crippen molar-refractivity contribution in [2.75, 3.05) is 5.75 Å². The average molecular weight is 300 g/mol. The van der Waals surface area contributed by atoms with Crippen LogP contribution < -0.4 is 0 Å². The number of hydrogen-bond donors (Lipinski definition) is 0. The van der Waals surface area contributed by atoms with Crippen LogP contribution in [0, 0.1) is 11.8 Å². The van der Waals surface area contributed by atoms with Crippen molar-refractivity contribution in [1.82, 2.24) is 0 Å². The predicted molar refractivity (Wildman–Crippen MR) is 71.5 cm³/mol. The fourth-order valence-electron chi connectivity index (χ4n) is 1.38. The van der Waals surface area contributed by atoms with Gasteiger partial charge in [-0.25, -0.2) is 0 Å². The molecule has 0 unspecified atom stereocenters. The van der Waals surface area contributed by atoms with Gasteiger partial charge in [0.25, 0.3) is 0 Å². The summed E-state index contributed by atoms with van der Waals surface area (Å²) in [5.41, 5.74) is -1.14. The normalized spacial score (nSPS) is 10.6. The van der Waals surface area contributed by atoms with Crippen molar-refractivity contribution in [2.24, 2.45) is 0 Å². The van der Waals surface area contributed by atoms with E-state index in [1.807, 2.05) is 0 Å². The van der Waals surface area contributed by atoms with Gasteiger partial charge in [-0.2, -0.15) is 13.2 Å². The number of carbonyl (C=O) groups is 2. The first-order chi connectivity index (χ1) is 9.34. The van der Waals surface area contributed by atoms with Crippen LogP contribution in [-0.4, -0.2) is 17.2 Å². The van der Waals surface area contributed by atoms with Gasteiger partial charge in [0.2, 0.25) is 0 Å². The highest BCUT2D eigenvalue weighted by atomic mass is 32.2. The van der Waals surface area contributed by atoms with Crippen molar-refractivity contribution in [3.63, 3.8) is 0 Å². The molecule has 1 aromatic rings. The van der Waals surface area contributed by atoms with E-state index in [0.29, 0.717) is 18.5 Å². The Morgan fingerprint density at radius 3 is 2.65 bits per heavy atom. The number of halogens is 3. The summed E-state index contributed by atoms with van der Waals surface area (Å²) in [4.78, 5) is 21.2. The quantitative estimate of drug-likeness (QED) is 0.486. The zero-order chi connectivity index (χ0) is 15.2. The van der Waals surface area contributed by atoms with Crippen molar-refractivity contribution < 1.29 is 22.8 Å². The van der Waals surface area contributed by atoms with Crippen LogP contribution >= 0.6 is 11.8 Å². The summed E-state index contributed by atoms with van der Waals surface area (Å²) >= 11 is 1.07. The molecule has 0 atom stereocenters. The van der Waals surface area contributed by atoms with Gasteiger partial charge in [-0.1, -0.05) is 29.7 Å². The number of aldehydes is 1. The lowest BCUT2D eigenvalue weighted by atomic mass is 10.0. The first-order valence-corrected chi connectivity index (χ1v) is 6.62. The molecule has 0 aliphatic heterocycles. The lowest BCUT2D eigenvalue weighted by molar-refractivity contribution is -0.137. The van der Waals surface area contributed by atoms with Crippen LogP contribution in [0.25, 0.3) is 0 Å². The number of rotatable bonds is 3. The molecule has 0 bridgehead atoms. The van der Waals surface area contributed by atoms with E-state index in [1.165, 1.54) is 19.1 Å². The largest absolute Gasteiger partial charge is 0.417 e. The van der Waals surface area contributed by atoms with Crippen LogP contribution in [0.2, 0.25) is 0 Å². The minimum atomic E-state index is -4.56.